The number of aryl methyl sites for hydroxylation is 1. The standard InChI is InChI=1S/C18H20N2O2S/c1-14-5-6-16-17(12-14)22-10-9-20(16)18(21)7-11-23-13-15-4-2-3-8-19-15/h2-6,8,12H,7,9-11,13H2,1H3. The maximum absolute atomic E-state index is 12.5. The number of carbonyl (C=O) groups is 1. The van der Waals surface area contributed by atoms with Gasteiger partial charge in [-0.1, -0.05) is 12.1 Å². The Bertz CT molecular complexity index is 676. The molecule has 1 amide bonds. The molecule has 3 rings (SSSR count). The first-order valence-corrected chi connectivity index (χ1v) is 8.91. The predicted molar refractivity (Wildman–Crippen MR) is 94.0 cm³/mol. The third-order valence-electron chi connectivity index (χ3n) is 3.72. The number of hydrogen-bond acceptors (Lipinski definition) is 4. The second-order valence-corrected chi connectivity index (χ2v) is 6.59. The van der Waals surface area contributed by atoms with Gasteiger partial charge in [0.2, 0.25) is 5.91 Å². The lowest BCUT2D eigenvalue weighted by atomic mass is 10.1. The second kappa shape index (κ2) is 7.51. The highest BCUT2D eigenvalue weighted by Crippen LogP contribution is 2.32. The van der Waals surface area contributed by atoms with Gasteiger partial charge in [-0.05, 0) is 36.8 Å². The van der Waals surface area contributed by atoms with E-state index in [1.54, 1.807) is 18.0 Å². The van der Waals surface area contributed by atoms with Crippen molar-refractivity contribution in [2.75, 3.05) is 23.8 Å². The summed E-state index contributed by atoms with van der Waals surface area (Å²) in [7, 11) is 0. The number of ether oxygens (including phenoxy) is 1. The number of hydrogen-bond donors (Lipinski definition) is 0. The van der Waals surface area contributed by atoms with Crippen molar-refractivity contribution in [1.82, 2.24) is 4.98 Å². The zero-order valence-electron chi connectivity index (χ0n) is 13.2. The van der Waals surface area contributed by atoms with Crippen LogP contribution in [0.1, 0.15) is 17.7 Å². The lowest BCUT2D eigenvalue weighted by molar-refractivity contribution is -0.118. The summed E-state index contributed by atoms with van der Waals surface area (Å²) in [6.45, 7) is 3.21. The highest BCUT2D eigenvalue weighted by molar-refractivity contribution is 7.98. The van der Waals surface area contributed by atoms with E-state index in [-0.39, 0.29) is 5.91 Å². The minimum absolute atomic E-state index is 0.159. The molecule has 0 bridgehead atoms. The van der Waals surface area contributed by atoms with Gasteiger partial charge in [-0.15, -0.1) is 0 Å². The monoisotopic (exact) mass is 328 g/mol. The number of thioether (sulfide) groups is 1. The van der Waals surface area contributed by atoms with Crippen LogP contribution in [0.2, 0.25) is 0 Å². The first-order chi connectivity index (χ1) is 11.2. The number of anilines is 1. The van der Waals surface area contributed by atoms with Gasteiger partial charge in [-0.3, -0.25) is 9.78 Å². The molecule has 5 heteroatoms. The Morgan fingerprint density at radius 3 is 3.09 bits per heavy atom. The quantitative estimate of drug-likeness (QED) is 0.789. The summed E-state index contributed by atoms with van der Waals surface area (Å²) in [6.07, 6.45) is 2.33. The van der Waals surface area contributed by atoms with Crippen LogP contribution in [0.3, 0.4) is 0 Å². The van der Waals surface area contributed by atoms with Crippen LogP contribution < -0.4 is 9.64 Å². The summed E-state index contributed by atoms with van der Waals surface area (Å²) in [5.74, 6) is 2.61. The van der Waals surface area contributed by atoms with Crippen molar-refractivity contribution in [3.05, 3.63) is 53.9 Å². The van der Waals surface area contributed by atoms with Gasteiger partial charge in [0.15, 0.2) is 0 Å². The van der Waals surface area contributed by atoms with Crippen LogP contribution in [0.15, 0.2) is 42.6 Å². The van der Waals surface area contributed by atoms with E-state index in [0.717, 1.165) is 34.2 Å². The molecule has 1 aliphatic heterocycles. The Hall–Kier alpha value is -2.01. The minimum atomic E-state index is 0.159. The van der Waals surface area contributed by atoms with E-state index in [0.29, 0.717) is 19.6 Å². The molecule has 0 saturated carbocycles. The molecule has 0 aliphatic carbocycles. The maximum atomic E-state index is 12.5. The van der Waals surface area contributed by atoms with E-state index < -0.39 is 0 Å². The van der Waals surface area contributed by atoms with Crippen LogP contribution in [0.4, 0.5) is 5.69 Å². The van der Waals surface area contributed by atoms with E-state index in [2.05, 4.69) is 4.98 Å². The number of pyridine rings is 1. The van der Waals surface area contributed by atoms with Gasteiger partial charge in [-0.2, -0.15) is 11.8 Å². The molecule has 0 saturated heterocycles. The highest BCUT2D eigenvalue weighted by Gasteiger charge is 2.23. The number of carbonyl (C=O) groups excluding carboxylic acids is 1. The van der Waals surface area contributed by atoms with Crippen LogP contribution in [0.25, 0.3) is 0 Å². The number of fused-ring (bicyclic) bond motifs is 1. The first kappa shape index (κ1) is 15.9. The average Bonchev–Trinajstić information content (AvgIpc) is 2.58. The summed E-state index contributed by atoms with van der Waals surface area (Å²) in [5.41, 5.74) is 3.09. The van der Waals surface area contributed by atoms with Crippen molar-refractivity contribution in [1.29, 1.82) is 0 Å². The van der Waals surface area contributed by atoms with Gasteiger partial charge in [0, 0.05) is 24.1 Å². The Kier molecular flexibility index (Phi) is 5.18. The van der Waals surface area contributed by atoms with E-state index in [9.17, 15) is 4.79 Å². The molecule has 0 unspecified atom stereocenters. The molecular formula is C18H20N2O2S. The summed E-state index contributed by atoms with van der Waals surface area (Å²) in [5, 5.41) is 0. The smallest absolute Gasteiger partial charge is 0.228 e. The molecule has 0 radical (unpaired) electrons. The molecular weight excluding hydrogens is 308 g/mol. The molecule has 2 heterocycles. The van der Waals surface area contributed by atoms with Crippen LogP contribution in [0, 0.1) is 6.92 Å². The SMILES string of the molecule is Cc1ccc2c(c1)OCCN2C(=O)CCSCc1ccccn1. The topological polar surface area (TPSA) is 42.4 Å². The number of benzene rings is 1. The molecule has 4 nitrogen and oxygen atoms in total. The summed E-state index contributed by atoms with van der Waals surface area (Å²) in [4.78, 5) is 18.6. The Morgan fingerprint density at radius 2 is 2.26 bits per heavy atom. The highest BCUT2D eigenvalue weighted by atomic mass is 32.2. The van der Waals surface area contributed by atoms with E-state index in [1.165, 1.54) is 0 Å². The van der Waals surface area contributed by atoms with Crippen LogP contribution in [-0.2, 0) is 10.5 Å². The molecule has 0 atom stereocenters. The normalized spacial score (nSPS) is 13.3. The molecule has 0 fully saturated rings. The Labute approximate surface area is 140 Å². The number of aromatic nitrogens is 1. The van der Waals surface area contributed by atoms with Crippen molar-refractivity contribution < 1.29 is 9.53 Å². The fourth-order valence-corrected chi connectivity index (χ4v) is 3.38. The van der Waals surface area contributed by atoms with Crippen LogP contribution in [0.5, 0.6) is 5.75 Å². The second-order valence-electron chi connectivity index (χ2n) is 5.49. The van der Waals surface area contributed by atoms with Crippen LogP contribution >= 0.6 is 11.8 Å². The summed E-state index contributed by atoms with van der Waals surface area (Å²) >= 11 is 1.74. The Balaban J connectivity index is 1.53. The van der Waals surface area contributed by atoms with Crippen molar-refractivity contribution in [2.45, 2.75) is 19.1 Å². The lowest BCUT2D eigenvalue weighted by Crippen LogP contribution is -2.38. The van der Waals surface area contributed by atoms with Crippen molar-refractivity contribution in [3.63, 3.8) is 0 Å². The van der Waals surface area contributed by atoms with Crippen molar-refractivity contribution >= 4 is 23.4 Å². The average molecular weight is 328 g/mol. The number of nitrogens with zero attached hydrogens (tertiary/aromatic N) is 2. The summed E-state index contributed by atoms with van der Waals surface area (Å²) in [6, 6.07) is 11.9. The molecule has 1 aliphatic rings. The zero-order chi connectivity index (χ0) is 16.1. The van der Waals surface area contributed by atoms with Gasteiger partial charge in [0.1, 0.15) is 12.4 Å². The first-order valence-electron chi connectivity index (χ1n) is 7.75. The lowest BCUT2D eigenvalue weighted by Gasteiger charge is -2.29. The third kappa shape index (κ3) is 4.05. The van der Waals surface area contributed by atoms with Gasteiger partial charge in [-0.25, -0.2) is 0 Å². The largest absolute Gasteiger partial charge is 0.490 e. The molecule has 0 spiro atoms. The molecule has 1 aromatic heterocycles. The molecule has 23 heavy (non-hydrogen) atoms. The van der Waals surface area contributed by atoms with Crippen molar-refractivity contribution in [3.8, 4) is 5.75 Å². The molecule has 0 N–H and O–H groups in total. The van der Waals surface area contributed by atoms with Gasteiger partial charge in [0.25, 0.3) is 0 Å². The fourth-order valence-electron chi connectivity index (χ4n) is 2.54. The molecule has 1 aromatic carbocycles. The molecule has 120 valence electrons. The van der Waals surface area contributed by atoms with Crippen LogP contribution in [-0.4, -0.2) is 29.8 Å². The van der Waals surface area contributed by atoms with Crippen molar-refractivity contribution in [2.24, 2.45) is 0 Å². The zero-order valence-corrected chi connectivity index (χ0v) is 14.0. The number of rotatable bonds is 5. The fraction of sp³-hybridized carbons (Fsp3) is 0.333. The van der Waals surface area contributed by atoms with Gasteiger partial charge in [0.05, 0.1) is 17.9 Å². The molecule has 2 aromatic rings. The van der Waals surface area contributed by atoms with E-state index in [1.807, 2.05) is 48.2 Å². The van der Waals surface area contributed by atoms with E-state index >= 15 is 0 Å². The van der Waals surface area contributed by atoms with Gasteiger partial charge < -0.3 is 9.64 Å². The Morgan fingerprint density at radius 1 is 1.35 bits per heavy atom. The van der Waals surface area contributed by atoms with Gasteiger partial charge >= 0.3 is 0 Å². The third-order valence-corrected chi connectivity index (χ3v) is 4.71. The summed E-state index contributed by atoms with van der Waals surface area (Å²) < 4.78 is 5.66. The number of amides is 1. The van der Waals surface area contributed by atoms with E-state index in [4.69, 9.17) is 4.74 Å². The predicted octanol–water partition coefficient (Wildman–Crippen LogP) is 3.44. The minimum Gasteiger partial charge on any atom is -0.490 e. The maximum Gasteiger partial charge on any atom is 0.228 e.